The Labute approximate surface area is 127 Å². The second-order valence-corrected chi connectivity index (χ2v) is 5.85. The van der Waals surface area contributed by atoms with Crippen LogP contribution in [0, 0.1) is 6.92 Å². The number of aryl methyl sites for hydroxylation is 1. The highest BCUT2D eigenvalue weighted by molar-refractivity contribution is 6.32. The van der Waals surface area contributed by atoms with Crippen molar-refractivity contribution in [2.45, 2.75) is 32.6 Å². The minimum absolute atomic E-state index is 0.137. The van der Waals surface area contributed by atoms with Crippen LogP contribution in [0.5, 0.6) is 11.6 Å². The lowest BCUT2D eigenvalue weighted by molar-refractivity contribution is 0.445. The lowest BCUT2D eigenvalue weighted by Gasteiger charge is -2.13. The summed E-state index contributed by atoms with van der Waals surface area (Å²) in [4.78, 5) is 11.9. The maximum absolute atomic E-state index is 11.9. The predicted molar refractivity (Wildman–Crippen MR) is 82.3 cm³/mol. The van der Waals surface area contributed by atoms with E-state index in [4.69, 9.17) is 22.1 Å². The number of benzene rings is 1. The number of H-pyrrole nitrogens is 1. The van der Waals surface area contributed by atoms with Crippen LogP contribution < -0.4 is 16.0 Å². The van der Waals surface area contributed by atoms with E-state index >= 15 is 0 Å². The van der Waals surface area contributed by atoms with Gasteiger partial charge in [0.1, 0.15) is 0 Å². The number of nitrogens with one attached hydrogen (secondary N) is 1. The molecule has 1 aliphatic carbocycles. The van der Waals surface area contributed by atoms with E-state index in [1.807, 2.05) is 13.8 Å². The third-order valence-corrected chi connectivity index (χ3v) is 4.14. The van der Waals surface area contributed by atoms with E-state index in [9.17, 15) is 4.79 Å². The molecule has 110 valence electrons. The highest BCUT2D eigenvalue weighted by Gasteiger charge is 2.27. The lowest BCUT2D eigenvalue weighted by atomic mass is 10.1. The van der Waals surface area contributed by atoms with Gasteiger partial charge in [0.05, 0.1) is 5.02 Å². The largest absolute Gasteiger partial charge is 0.435 e. The first-order chi connectivity index (χ1) is 9.97. The summed E-state index contributed by atoms with van der Waals surface area (Å²) in [6, 6.07) is 3.42. The number of rotatable bonds is 2. The van der Waals surface area contributed by atoms with Crippen molar-refractivity contribution >= 4 is 17.3 Å². The SMILES string of the molecule is Cc1cc(N)cc(Cl)c1Oc1n[nH]c(=O)c2c1CC[C@H]2C. The van der Waals surface area contributed by atoms with Crippen LogP contribution in [-0.4, -0.2) is 10.2 Å². The summed E-state index contributed by atoms with van der Waals surface area (Å²) in [5.74, 6) is 1.16. The molecule has 6 heteroatoms. The van der Waals surface area contributed by atoms with Gasteiger partial charge in [0.25, 0.3) is 5.56 Å². The Morgan fingerprint density at radius 1 is 1.48 bits per heavy atom. The van der Waals surface area contributed by atoms with Gasteiger partial charge in [0.15, 0.2) is 5.75 Å². The quantitative estimate of drug-likeness (QED) is 0.835. The van der Waals surface area contributed by atoms with Crippen molar-refractivity contribution in [2.75, 3.05) is 5.73 Å². The monoisotopic (exact) mass is 305 g/mol. The van der Waals surface area contributed by atoms with Crippen LogP contribution in [-0.2, 0) is 6.42 Å². The van der Waals surface area contributed by atoms with Gasteiger partial charge in [-0.1, -0.05) is 18.5 Å². The highest BCUT2D eigenvalue weighted by Crippen LogP contribution is 2.39. The van der Waals surface area contributed by atoms with Gasteiger partial charge >= 0.3 is 0 Å². The molecule has 1 heterocycles. The van der Waals surface area contributed by atoms with Crippen molar-refractivity contribution in [3.63, 3.8) is 0 Å². The summed E-state index contributed by atoms with van der Waals surface area (Å²) in [7, 11) is 0. The standard InChI is InChI=1S/C15H16ClN3O2/c1-7-3-4-10-12(7)14(20)18-19-15(10)21-13-8(2)5-9(17)6-11(13)16/h5-7H,3-4,17H2,1-2H3,(H,18,20)/t7-/m1/s1. The second kappa shape index (κ2) is 5.07. The molecule has 1 aliphatic rings. The van der Waals surface area contributed by atoms with Gasteiger partial charge in [0.2, 0.25) is 5.88 Å². The van der Waals surface area contributed by atoms with Crippen molar-refractivity contribution in [3.8, 4) is 11.6 Å². The zero-order valence-corrected chi connectivity index (χ0v) is 12.6. The number of anilines is 1. The molecule has 3 N–H and O–H groups in total. The molecule has 0 aliphatic heterocycles. The topological polar surface area (TPSA) is 81.0 Å². The van der Waals surface area contributed by atoms with Crippen molar-refractivity contribution in [2.24, 2.45) is 0 Å². The zero-order chi connectivity index (χ0) is 15.1. The molecule has 3 rings (SSSR count). The molecule has 1 aromatic carbocycles. The third kappa shape index (κ3) is 2.38. The average molecular weight is 306 g/mol. The van der Waals surface area contributed by atoms with Gasteiger partial charge in [-0.05, 0) is 43.4 Å². The van der Waals surface area contributed by atoms with Gasteiger partial charge in [-0.15, -0.1) is 5.10 Å². The van der Waals surface area contributed by atoms with Crippen molar-refractivity contribution < 1.29 is 4.74 Å². The molecule has 21 heavy (non-hydrogen) atoms. The van der Waals surface area contributed by atoms with Gasteiger partial charge in [0, 0.05) is 16.8 Å². The molecule has 1 atom stereocenters. The van der Waals surface area contributed by atoms with E-state index in [1.54, 1.807) is 12.1 Å². The molecule has 0 amide bonds. The molecule has 1 aromatic heterocycles. The van der Waals surface area contributed by atoms with Gasteiger partial charge < -0.3 is 10.5 Å². The van der Waals surface area contributed by atoms with E-state index in [-0.39, 0.29) is 11.5 Å². The van der Waals surface area contributed by atoms with E-state index < -0.39 is 0 Å². The maximum atomic E-state index is 11.9. The van der Waals surface area contributed by atoms with Crippen LogP contribution in [0.3, 0.4) is 0 Å². The number of hydrogen-bond donors (Lipinski definition) is 2. The van der Waals surface area contributed by atoms with E-state index in [1.165, 1.54) is 0 Å². The first-order valence-electron chi connectivity index (χ1n) is 6.82. The summed E-state index contributed by atoms with van der Waals surface area (Å²) in [6.45, 7) is 3.90. The highest BCUT2D eigenvalue weighted by atomic mass is 35.5. The van der Waals surface area contributed by atoms with Crippen molar-refractivity contribution in [3.05, 3.63) is 44.2 Å². The number of aromatic amines is 1. The Bertz CT molecular complexity index is 747. The fraction of sp³-hybridized carbons (Fsp3) is 0.333. The molecule has 0 saturated carbocycles. The van der Waals surface area contributed by atoms with E-state index in [0.29, 0.717) is 22.3 Å². The van der Waals surface area contributed by atoms with Crippen LogP contribution in [0.25, 0.3) is 0 Å². The Morgan fingerprint density at radius 3 is 2.95 bits per heavy atom. The lowest BCUT2D eigenvalue weighted by Crippen LogP contribution is -2.16. The number of aromatic nitrogens is 2. The molecule has 5 nitrogen and oxygen atoms in total. The summed E-state index contributed by atoms with van der Waals surface area (Å²) >= 11 is 6.19. The van der Waals surface area contributed by atoms with Crippen molar-refractivity contribution in [1.29, 1.82) is 0 Å². The molecular weight excluding hydrogens is 290 g/mol. The predicted octanol–water partition coefficient (Wildman–Crippen LogP) is 3.16. The minimum atomic E-state index is -0.137. The molecule has 0 radical (unpaired) electrons. The second-order valence-electron chi connectivity index (χ2n) is 5.44. The van der Waals surface area contributed by atoms with Gasteiger partial charge in [-0.2, -0.15) is 0 Å². The first kappa shape index (κ1) is 13.9. The summed E-state index contributed by atoms with van der Waals surface area (Å²) < 4.78 is 5.87. The normalized spacial score (nSPS) is 16.8. The van der Waals surface area contributed by atoms with Crippen LogP contribution in [0.15, 0.2) is 16.9 Å². The average Bonchev–Trinajstić information content (AvgIpc) is 2.79. The molecule has 0 unspecified atom stereocenters. The number of nitrogens with zero attached hydrogens (tertiary/aromatic N) is 1. The summed E-state index contributed by atoms with van der Waals surface area (Å²) in [5, 5.41) is 6.97. The van der Waals surface area contributed by atoms with E-state index in [2.05, 4.69) is 10.2 Å². The van der Waals surface area contributed by atoms with Crippen molar-refractivity contribution in [1.82, 2.24) is 10.2 Å². The third-order valence-electron chi connectivity index (χ3n) is 3.86. The van der Waals surface area contributed by atoms with Crippen LogP contribution in [0.2, 0.25) is 5.02 Å². The van der Waals surface area contributed by atoms with Crippen LogP contribution >= 0.6 is 11.6 Å². The number of fused-ring (bicyclic) bond motifs is 1. The molecule has 0 spiro atoms. The number of nitrogen functional groups attached to an aromatic ring is 1. The number of ether oxygens (including phenoxy) is 1. The Balaban J connectivity index is 2.07. The Kier molecular flexibility index (Phi) is 3.37. The van der Waals surface area contributed by atoms with Gasteiger partial charge in [-0.3, -0.25) is 4.79 Å². The summed E-state index contributed by atoms with van der Waals surface area (Å²) in [5.41, 5.74) is 8.66. The fourth-order valence-electron chi connectivity index (χ4n) is 2.82. The Morgan fingerprint density at radius 2 is 2.24 bits per heavy atom. The zero-order valence-electron chi connectivity index (χ0n) is 11.9. The summed E-state index contributed by atoms with van der Waals surface area (Å²) in [6.07, 6.45) is 1.71. The maximum Gasteiger partial charge on any atom is 0.268 e. The molecule has 0 saturated heterocycles. The van der Waals surface area contributed by atoms with E-state index in [0.717, 1.165) is 29.5 Å². The molecule has 0 bridgehead atoms. The minimum Gasteiger partial charge on any atom is -0.435 e. The number of halogens is 1. The number of hydrogen-bond acceptors (Lipinski definition) is 4. The van der Waals surface area contributed by atoms with Gasteiger partial charge in [-0.25, -0.2) is 5.10 Å². The van der Waals surface area contributed by atoms with Crippen LogP contribution in [0.4, 0.5) is 5.69 Å². The number of nitrogens with two attached hydrogens (primary N) is 1. The molecule has 2 aromatic rings. The first-order valence-corrected chi connectivity index (χ1v) is 7.20. The smallest absolute Gasteiger partial charge is 0.268 e. The molecular formula is C15H16ClN3O2. The Hall–Kier alpha value is -2.01. The molecule has 0 fully saturated rings. The fourth-order valence-corrected chi connectivity index (χ4v) is 3.13. The van der Waals surface area contributed by atoms with Crippen LogP contribution in [0.1, 0.15) is 36.0 Å².